The second-order valence-electron chi connectivity index (χ2n) is 5.86. The zero-order valence-corrected chi connectivity index (χ0v) is 15.4. The molecular formula is C17H17ClFN5S. The maximum Gasteiger partial charge on any atom is 0.221 e. The number of benzene rings is 2. The molecule has 0 aliphatic rings. The summed E-state index contributed by atoms with van der Waals surface area (Å²) >= 11 is 11.5. The molecule has 1 heterocycles. The second kappa shape index (κ2) is 7.43. The lowest BCUT2D eigenvalue weighted by Gasteiger charge is -2.17. The Balaban J connectivity index is 1.77. The van der Waals surface area contributed by atoms with Crippen LogP contribution in [0.3, 0.4) is 0 Å². The molecule has 0 aliphatic carbocycles. The standard InChI is InChI=1S/C17H17ClFN5S/c1-12-6-8-13(9-7-12)24-17(25)23(20-21-24)11-22(2)10-14-15(18)4-3-5-16(14)19/h3-9H,10-11H2,1-2H3. The van der Waals surface area contributed by atoms with Gasteiger partial charge >= 0.3 is 0 Å². The van der Waals surface area contributed by atoms with Crippen molar-refractivity contribution in [2.24, 2.45) is 0 Å². The fraction of sp³-hybridized carbons (Fsp3) is 0.235. The molecule has 0 unspecified atom stereocenters. The van der Waals surface area contributed by atoms with Crippen LogP contribution in [-0.4, -0.2) is 31.7 Å². The number of aromatic nitrogens is 4. The summed E-state index contributed by atoms with van der Waals surface area (Å²) < 4.78 is 17.6. The monoisotopic (exact) mass is 377 g/mol. The Labute approximate surface area is 155 Å². The molecule has 25 heavy (non-hydrogen) atoms. The largest absolute Gasteiger partial charge is 0.283 e. The van der Waals surface area contributed by atoms with Crippen molar-refractivity contribution >= 4 is 23.8 Å². The van der Waals surface area contributed by atoms with Gasteiger partial charge < -0.3 is 0 Å². The molecule has 0 saturated heterocycles. The minimum Gasteiger partial charge on any atom is -0.283 e. The van der Waals surface area contributed by atoms with E-state index in [4.69, 9.17) is 23.8 Å². The molecule has 0 fully saturated rings. The Morgan fingerprint density at radius 3 is 2.56 bits per heavy atom. The number of tetrazole rings is 1. The van der Waals surface area contributed by atoms with Crippen molar-refractivity contribution in [3.8, 4) is 5.69 Å². The van der Waals surface area contributed by atoms with E-state index in [1.165, 1.54) is 6.07 Å². The molecule has 0 atom stereocenters. The normalized spacial score (nSPS) is 11.2. The summed E-state index contributed by atoms with van der Waals surface area (Å²) in [6.07, 6.45) is 0. The van der Waals surface area contributed by atoms with E-state index in [-0.39, 0.29) is 5.82 Å². The molecule has 3 aromatic rings. The van der Waals surface area contributed by atoms with Crippen LogP contribution in [-0.2, 0) is 13.2 Å². The van der Waals surface area contributed by atoms with Gasteiger partial charge in [-0.2, -0.15) is 4.68 Å². The number of hydrogen-bond acceptors (Lipinski definition) is 4. The highest BCUT2D eigenvalue weighted by Crippen LogP contribution is 2.20. The lowest BCUT2D eigenvalue weighted by Crippen LogP contribution is -2.23. The predicted molar refractivity (Wildman–Crippen MR) is 97.8 cm³/mol. The Morgan fingerprint density at radius 2 is 1.88 bits per heavy atom. The molecule has 130 valence electrons. The van der Waals surface area contributed by atoms with Gasteiger partial charge in [0, 0.05) is 17.1 Å². The first-order valence-corrected chi connectivity index (χ1v) is 8.45. The summed E-state index contributed by atoms with van der Waals surface area (Å²) in [5.74, 6) is -0.328. The Bertz CT molecular complexity index is 915. The van der Waals surface area contributed by atoms with Gasteiger partial charge in [-0.25, -0.2) is 9.07 Å². The zero-order valence-electron chi connectivity index (χ0n) is 13.9. The lowest BCUT2D eigenvalue weighted by molar-refractivity contribution is 0.239. The van der Waals surface area contributed by atoms with Crippen LogP contribution < -0.4 is 0 Å². The first-order chi connectivity index (χ1) is 12.0. The van der Waals surface area contributed by atoms with E-state index in [9.17, 15) is 4.39 Å². The van der Waals surface area contributed by atoms with Gasteiger partial charge in [0.05, 0.1) is 12.4 Å². The predicted octanol–water partition coefficient (Wildman–Crippen LogP) is 3.99. The molecule has 0 saturated carbocycles. The van der Waals surface area contributed by atoms with Crippen molar-refractivity contribution < 1.29 is 4.39 Å². The molecule has 0 amide bonds. The lowest BCUT2D eigenvalue weighted by atomic mass is 10.2. The minimum absolute atomic E-state index is 0.328. The SMILES string of the molecule is Cc1ccc(-n2nnn(CN(C)Cc3c(F)cccc3Cl)c2=S)cc1. The summed E-state index contributed by atoms with van der Waals surface area (Å²) in [6.45, 7) is 2.72. The van der Waals surface area contributed by atoms with E-state index < -0.39 is 0 Å². The molecule has 2 aromatic carbocycles. The van der Waals surface area contributed by atoms with Crippen molar-refractivity contribution in [2.45, 2.75) is 20.1 Å². The zero-order chi connectivity index (χ0) is 18.0. The molecule has 5 nitrogen and oxygen atoms in total. The summed E-state index contributed by atoms with van der Waals surface area (Å²) in [7, 11) is 1.84. The average molecular weight is 378 g/mol. The third-order valence-electron chi connectivity index (χ3n) is 3.78. The van der Waals surface area contributed by atoms with E-state index in [0.29, 0.717) is 28.6 Å². The van der Waals surface area contributed by atoms with Crippen molar-refractivity contribution in [3.63, 3.8) is 0 Å². The van der Waals surface area contributed by atoms with Crippen LogP contribution in [0, 0.1) is 17.5 Å². The van der Waals surface area contributed by atoms with Crippen LogP contribution in [0.2, 0.25) is 5.02 Å². The van der Waals surface area contributed by atoms with Crippen LogP contribution in [0.5, 0.6) is 0 Å². The van der Waals surface area contributed by atoms with E-state index in [0.717, 1.165) is 11.3 Å². The van der Waals surface area contributed by atoms with Crippen molar-refractivity contribution in [1.82, 2.24) is 24.7 Å². The smallest absolute Gasteiger partial charge is 0.221 e. The molecule has 3 rings (SSSR count). The molecule has 8 heteroatoms. The Morgan fingerprint density at radius 1 is 1.16 bits per heavy atom. The van der Waals surface area contributed by atoms with Crippen LogP contribution in [0.15, 0.2) is 42.5 Å². The van der Waals surface area contributed by atoms with E-state index in [2.05, 4.69) is 10.4 Å². The highest BCUT2D eigenvalue weighted by Gasteiger charge is 2.12. The van der Waals surface area contributed by atoms with E-state index in [1.54, 1.807) is 21.5 Å². The molecule has 0 bridgehead atoms. The molecule has 0 spiro atoms. The number of aryl methyl sites for hydroxylation is 1. The fourth-order valence-corrected chi connectivity index (χ4v) is 2.90. The van der Waals surface area contributed by atoms with Gasteiger partial charge in [-0.3, -0.25) is 4.90 Å². The second-order valence-corrected chi connectivity index (χ2v) is 6.64. The average Bonchev–Trinajstić information content (AvgIpc) is 2.93. The topological polar surface area (TPSA) is 38.9 Å². The van der Waals surface area contributed by atoms with Crippen LogP contribution in [0.25, 0.3) is 5.69 Å². The first kappa shape index (κ1) is 17.7. The summed E-state index contributed by atoms with van der Waals surface area (Å²) in [5, 5.41) is 8.61. The molecule has 0 radical (unpaired) electrons. The van der Waals surface area contributed by atoms with Gasteiger partial charge in [-0.05, 0) is 60.9 Å². The highest BCUT2D eigenvalue weighted by atomic mass is 35.5. The van der Waals surface area contributed by atoms with Crippen molar-refractivity contribution in [2.75, 3.05) is 7.05 Å². The quantitative estimate of drug-likeness (QED) is 0.630. The van der Waals surface area contributed by atoms with Crippen LogP contribution >= 0.6 is 23.8 Å². The molecule has 0 N–H and O–H groups in total. The third kappa shape index (κ3) is 3.95. The maximum atomic E-state index is 13.9. The van der Waals surface area contributed by atoms with Crippen LogP contribution in [0.1, 0.15) is 11.1 Å². The van der Waals surface area contributed by atoms with E-state index >= 15 is 0 Å². The number of halogens is 2. The van der Waals surface area contributed by atoms with Gasteiger partial charge in [0.1, 0.15) is 5.82 Å². The van der Waals surface area contributed by atoms with Gasteiger partial charge in [-0.1, -0.05) is 35.4 Å². The van der Waals surface area contributed by atoms with Gasteiger partial charge in [0.2, 0.25) is 4.77 Å². The molecular weight excluding hydrogens is 361 g/mol. The number of nitrogens with zero attached hydrogens (tertiary/aromatic N) is 5. The number of rotatable bonds is 5. The molecule has 0 aliphatic heterocycles. The summed E-state index contributed by atoms with van der Waals surface area (Å²) in [6, 6.07) is 12.5. The fourth-order valence-electron chi connectivity index (χ4n) is 2.44. The van der Waals surface area contributed by atoms with Crippen LogP contribution in [0.4, 0.5) is 4.39 Å². The maximum absolute atomic E-state index is 13.9. The first-order valence-electron chi connectivity index (χ1n) is 7.67. The van der Waals surface area contributed by atoms with Gasteiger partial charge in [0.15, 0.2) is 0 Å². The molecule has 1 aromatic heterocycles. The van der Waals surface area contributed by atoms with Gasteiger partial charge in [-0.15, -0.1) is 0 Å². The minimum atomic E-state index is -0.328. The Hall–Kier alpha value is -2.09. The summed E-state index contributed by atoms with van der Waals surface area (Å²) in [5.41, 5.74) is 2.45. The highest BCUT2D eigenvalue weighted by molar-refractivity contribution is 7.71. The summed E-state index contributed by atoms with van der Waals surface area (Å²) in [4.78, 5) is 1.87. The van der Waals surface area contributed by atoms with Crippen molar-refractivity contribution in [3.05, 3.63) is 69.2 Å². The van der Waals surface area contributed by atoms with Gasteiger partial charge in [0.25, 0.3) is 0 Å². The number of hydrogen-bond donors (Lipinski definition) is 0. The van der Waals surface area contributed by atoms with E-state index in [1.807, 2.05) is 43.1 Å². The Kier molecular flexibility index (Phi) is 5.27. The third-order valence-corrected chi connectivity index (χ3v) is 4.52. The van der Waals surface area contributed by atoms with Crippen molar-refractivity contribution in [1.29, 1.82) is 0 Å².